The third kappa shape index (κ3) is 5.23. The van der Waals surface area contributed by atoms with Gasteiger partial charge < -0.3 is 14.2 Å². The molecule has 2 heterocycles. The highest BCUT2D eigenvalue weighted by Gasteiger charge is 2.29. The summed E-state index contributed by atoms with van der Waals surface area (Å²) in [7, 11) is -0.747. The second kappa shape index (κ2) is 10.2. The van der Waals surface area contributed by atoms with Crippen LogP contribution in [0.15, 0.2) is 57.8 Å². The van der Waals surface area contributed by atoms with Gasteiger partial charge in [0.15, 0.2) is 0 Å². The number of benzene rings is 2. The number of carbonyl (C=O) groups excluding carboxylic acids is 1. The zero-order chi connectivity index (χ0) is 25.2. The molecule has 0 unspecified atom stereocenters. The van der Waals surface area contributed by atoms with Crippen LogP contribution < -0.4 is 4.90 Å². The fourth-order valence-corrected chi connectivity index (χ4v) is 5.02. The lowest BCUT2D eigenvalue weighted by molar-refractivity contribution is 0.0673. The third-order valence-corrected chi connectivity index (χ3v) is 7.91. The van der Waals surface area contributed by atoms with E-state index in [2.05, 4.69) is 15.1 Å². The van der Waals surface area contributed by atoms with Crippen molar-refractivity contribution in [3.05, 3.63) is 60.0 Å². The molecule has 1 aliphatic heterocycles. The molecule has 1 fully saturated rings. The molecule has 0 aliphatic carbocycles. The van der Waals surface area contributed by atoms with Gasteiger partial charge in [-0.25, -0.2) is 12.7 Å². The average Bonchev–Trinajstić information content (AvgIpc) is 3.54. The Balaban J connectivity index is 1.69. The quantitative estimate of drug-likeness (QED) is 0.468. The monoisotopic (exact) mass is 497 g/mol. The second-order valence-electron chi connectivity index (χ2n) is 9.05. The Hall–Kier alpha value is -3.24. The summed E-state index contributed by atoms with van der Waals surface area (Å²) >= 11 is 0. The summed E-state index contributed by atoms with van der Waals surface area (Å²) in [5, 5.41) is 8.28. The van der Waals surface area contributed by atoms with Crippen molar-refractivity contribution >= 4 is 21.6 Å². The number of sulfonamides is 1. The topological polar surface area (TPSA) is 99.8 Å². The maximum Gasteiger partial charge on any atom is 0.256 e. The molecular weight excluding hydrogens is 466 g/mol. The number of aromatic nitrogens is 2. The van der Waals surface area contributed by atoms with Gasteiger partial charge in [0.25, 0.3) is 5.91 Å². The fraction of sp³-hybridized carbons (Fsp3) is 0.400. The van der Waals surface area contributed by atoms with Crippen LogP contribution >= 0.6 is 0 Å². The van der Waals surface area contributed by atoms with Gasteiger partial charge >= 0.3 is 0 Å². The lowest BCUT2D eigenvalue weighted by Gasteiger charge is -2.29. The Labute approximate surface area is 206 Å². The maximum absolute atomic E-state index is 13.9. The van der Waals surface area contributed by atoms with E-state index in [4.69, 9.17) is 4.42 Å². The van der Waals surface area contributed by atoms with Gasteiger partial charge in [-0.3, -0.25) is 4.79 Å². The Bertz CT molecular complexity index is 1280. The fourth-order valence-electron chi connectivity index (χ4n) is 4.10. The first kappa shape index (κ1) is 24.9. The standard InChI is InChI=1S/C25H31N5O4S/c1-18(2)30(17-23-26-27-24(34-23)19-10-6-5-7-11-19)25(31)21-16-20(35(32,33)28(3)4)12-13-22(21)29-14-8-9-15-29/h5-7,10-13,16,18H,8-9,14-15,17H2,1-4H3. The second-order valence-corrected chi connectivity index (χ2v) is 11.2. The number of amides is 1. The highest BCUT2D eigenvalue weighted by atomic mass is 32.2. The molecule has 0 spiro atoms. The molecule has 0 radical (unpaired) electrons. The number of nitrogens with zero attached hydrogens (tertiary/aromatic N) is 5. The Morgan fingerprint density at radius 2 is 1.74 bits per heavy atom. The number of carbonyl (C=O) groups is 1. The molecule has 186 valence electrons. The molecule has 0 saturated carbocycles. The molecule has 1 amide bonds. The summed E-state index contributed by atoms with van der Waals surface area (Å²) in [5.74, 6) is 0.413. The van der Waals surface area contributed by atoms with Gasteiger partial charge in [-0.05, 0) is 57.0 Å². The van der Waals surface area contributed by atoms with Crippen LogP contribution in [0.2, 0.25) is 0 Å². The number of hydrogen-bond acceptors (Lipinski definition) is 7. The molecule has 1 aliphatic rings. The average molecular weight is 498 g/mol. The van der Waals surface area contributed by atoms with Crippen molar-refractivity contribution in [2.45, 2.75) is 44.2 Å². The van der Waals surface area contributed by atoms with Gasteiger partial charge in [-0.1, -0.05) is 18.2 Å². The van der Waals surface area contributed by atoms with Crippen molar-refractivity contribution < 1.29 is 17.6 Å². The zero-order valence-electron chi connectivity index (χ0n) is 20.5. The minimum absolute atomic E-state index is 0.0849. The molecule has 3 aromatic rings. The van der Waals surface area contributed by atoms with E-state index in [-0.39, 0.29) is 23.4 Å². The molecular formula is C25H31N5O4S. The Morgan fingerprint density at radius 1 is 1.06 bits per heavy atom. The minimum Gasteiger partial charge on any atom is -0.419 e. The normalized spacial score (nSPS) is 14.2. The smallest absolute Gasteiger partial charge is 0.256 e. The van der Waals surface area contributed by atoms with Crippen molar-refractivity contribution in [2.24, 2.45) is 0 Å². The summed E-state index contributed by atoms with van der Waals surface area (Å²) in [5.41, 5.74) is 1.89. The Morgan fingerprint density at radius 3 is 2.37 bits per heavy atom. The minimum atomic E-state index is -3.70. The maximum atomic E-state index is 13.9. The highest BCUT2D eigenvalue weighted by molar-refractivity contribution is 7.89. The van der Waals surface area contributed by atoms with Gasteiger partial charge in [-0.15, -0.1) is 10.2 Å². The third-order valence-electron chi connectivity index (χ3n) is 6.10. The highest BCUT2D eigenvalue weighted by Crippen LogP contribution is 2.30. The van der Waals surface area contributed by atoms with E-state index < -0.39 is 10.0 Å². The van der Waals surface area contributed by atoms with Gasteiger partial charge in [0, 0.05) is 44.5 Å². The molecule has 1 saturated heterocycles. The van der Waals surface area contributed by atoms with Crippen LogP contribution in [-0.4, -0.2) is 67.0 Å². The van der Waals surface area contributed by atoms with Crippen molar-refractivity contribution in [3.63, 3.8) is 0 Å². The van der Waals surface area contributed by atoms with Crippen molar-refractivity contribution in [1.29, 1.82) is 0 Å². The van der Waals surface area contributed by atoms with E-state index in [1.165, 1.54) is 20.2 Å². The van der Waals surface area contributed by atoms with Crippen LogP contribution in [0.3, 0.4) is 0 Å². The molecule has 0 bridgehead atoms. The predicted octanol–water partition coefficient (Wildman–Crippen LogP) is 3.64. The predicted molar refractivity (Wildman–Crippen MR) is 134 cm³/mol. The summed E-state index contributed by atoms with van der Waals surface area (Å²) in [6.45, 7) is 5.57. The van der Waals surface area contributed by atoms with Crippen molar-refractivity contribution in [3.8, 4) is 11.5 Å². The van der Waals surface area contributed by atoms with Gasteiger partial charge in [0.2, 0.25) is 21.8 Å². The molecule has 10 heteroatoms. The van der Waals surface area contributed by atoms with Crippen molar-refractivity contribution in [1.82, 2.24) is 19.4 Å². The SMILES string of the molecule is CC(C)N(Cc1nnc(-c2ccccc2)o1)C(=O)c1cc(S(=O)(=O)N(C)C)ccc1N1CCCC1. The van der Waals surface area contributed by atoms with Gasteiger partial charge in [0.1, 0.15) is 0 Å². The first-order valence-corrected chi connectivity index (χ1v) is 13.1. The lowest BCUT2D eigenvalue weighted by Crippen LogP contribution is -2.37. The summed E-state index contributed by atoms with van der Waals surface area (Å²) in [4.78, 5) is 17.7. The van der Waals surface area contributed by atoms with Crippen LogP contribution in [0.5, 0.6) is 0 Å². The van der Waals surface area contributed by atoms with Gasteiger partial charge in [-0.2, -0.15) is 0 Å². The van der Waals surface area contributed by atoms with Crippen LogP contribution in [0, 0.1) is 0 Å². The molecule has 2 aromatic carbocycles. The summed E-state index contributed by atoms with van der Waals surface area (Å²) < 4.78 is 32.6. The first-order valence-electron chi connectivity index (χ1n) is 11.7. The number of anilines is 1. The van der Waals surface area contributed by atoms with Crippen LogP contribution in [0.4, 0.5) is 5.69 Å². The lowest BCUT2D eigenvalue weighted by atomic mass is 10.1. The van der Waals surface area contributed by atoms with E-state index in [0.717, 1.165) is 41.5 Å². The Kier molecular flexibility index (Phi) is 7.23. The van der Waals surface area contributed by atoms with E-state index >= 15 is 0 Å². The van der Waals surface area contributed by atoms with Gasteiger partial charge in [0.05, 0.1) is 17.0 Å². The van der Waals surface area contributed by atoms with E-state index in [1.807, 2.05) is 44.2 Å². The number of hydrogen-bond donors (Lipinski definition) is 0. The van der Waals surface area contributed by atoms with E-state index in [1.54, 1.807) is 17.0 Å². The largest absolute Gasteiger partial charge is 0.419 e. The van der Waals surface area contributed by atoms with Crippen LogP contribution in [0.25, 0.3) is 11.5 Å². The van der Waals surface area contributed by atoms with Crippen LogP contribution in [-0.2, 0) is 16.6 Å². The van der Waals surface area contributed by atoms with Crippen LogP contribution in [0.1, 0.15) is 42.9 Å². The van der Waals surface area contributed by atoms with E-state index in [0.29, 0.717) is 17.3 Å². The molecule has 35 heavy (non-hydrogen) atoms. The molecule has 0 atom stereocenters. The zero-order valence-corrected chi connectivity index (χ0v) is 21.3. The first-order chi connectivity index (χ1) is 16.7. The number of rotatable bonds is 8. The summed E-state index contributed by atoms with van der Waals surface area (Å²) in [6.07, 6.45) is 2.06. The molecule has 0 N–H and O–H groups in total. The van der Waals surface area contributed by atoms with E-state index in [9.17, 15) is 13.2 Å². The van der Waals surface area contributed by atoms with Crippen molar-refractivity contribution in [2.75, 3.05) is 32.1 Å². The molecule has 9 nitrogen and oxygen atoms in total. The molecule has 1 aromatic heterocycles. The molecule has 4 rings (SSSR count). The summed E-state index contributed by atoms with van der Waals surface area (Å²) in [6, 6.07) is 14.1.